The van der Waals surface area contributed by atoms with Crippen molar-refractivity contribution in [2.75, 3.05) is 17.8 Å². The summed E-state index contributed by atoms with van der Waals surface area (Å²) >= 11 is 1.21. The highest BCUT2D eigenvalue weighted by atomic mass is 32.2. The molecular weight excluding hydrogens is 420 g/mol. The second kappa shape index (κ2) is 8.53. The van der Waals surface area contributed by atoms with E-state index in [1.807, 2.05) is 6.07 Å². The molecule has 30 heavy (non-hydrogen) atoms. The van der Waals surface area contributed by atoms with E-state index in [9.17, 15) is 13.2 Å². The zero-order valence-electron chi connectivity index (χ0n) is 16.4. The van der Waals surface area contributed by atoms with E-state index in [2.05, 4.69) is 20.7 Å². The van der Waals surface area contributed by atoms with E-state index in [4.69, 9.17) is 0 Å². The number of anilines is 1. The number of nitrogens with zero attached hydrogens (tertiary/aromatic N) is 3. The van der Waals surface area contributed by atoms with E-state index < -0.39 is 10.0 Å². The third-order valence-electron chi connectivity index (χ3n) is 5.08. The Bertz CT molecular complexity index is 1200. The maximum atomic E-state index is 13.2. The third-order valence-corrected chi connectivity index (χ3v) is 7.17. The molecule has 0 radical (unpaired) electrons. The van der Waals surface area contributed by atoms with Gasteiger partial charge in [-0.05, 0) is 61.0 Å². The predicted octanol–water partition coefficient (Wildman–Crippen LogP) is 3.85. The number of fused-ring (bicyclic) bond motifs is 1. The molecule has 2 aromatic heterocycles. The average Bonchev–Trinajstić information content (AvgIpc) is 3.23. The lowest BCUT2D eigenvalue weighted by Crippen LogP contribution is -2.36. The standard InChI is InChI=1S/C21H22N4O3S2/c1-2-6-15-7-8-16(21(26)25-11-4-3-5-12-25)18(13-15)24-30(27,28)20-17-14-23-29-19(17)9-10-22-20/h2,7-10,13-14,24H,1,3-6,11-12H2. The van der Waals surface area contributed by atoms with Crippen LogP contribution in [-0.2, 0) is 16.4 Å². The Hall–Kier alpha value is -2.78. The number of benzene rings is 1. The Balaban J connectivity index is 1.74. The van der Waals surface area contributed by atoms with Crippen LogP contribution in [0.25, 0.3) is 10.1 Å². The number of carbonyl (C=O) groups is 1. The van der Waals surface area contributed by atoms with E-state index in [1.165, 1.54) is 23.9 Å². The lowest BCUT2D eigenvalue weighted by Gasteiger charge is -2.27. The van der Waals surface area contributed by atoms with Crippen LogP contribution in [-0.4, -0.2) is 41.7 Å². The Morgan fingerprint density at radius 2 is 2.03 bits per heavy atom. The number of nitrogens with one attached hydrogen (secondary N) is 1. The minimum absolute atomic E-state index is 0.0979. The van der Waals surface area contributed by atoms with E-state index in [0.717, 1.165) is 29.5 Å². The highest BCUT2D eigenvalue weighted by Gasteiger charge is 2.25. The van der Waals surface area contributed by atoms with Gasteiger partial charge in [0, 0.05) is 19.3 Å². The summed E-state index contributed by atoms with van der Waals surface area (Å²) in [5.74, 6) is -0.166. The van der Waals surface area contributed by atoms with Crippen molar-refractivity contribution in [2.24, 2.45) is 0 Å². The number of hydrogen-bond acceptors (Lipinski definition) is 6. The Morgan fingerprint density at radius 1 is 1.23 bits per heavy atom. The molecule has 4 rings (SSSR count). The van der Waals surface area contributed by atoms with Crippen LogP contribution in [0.3, 0.4) is 0 Å². The van der Waals surface area contributed by atoms with Gasteiger partial charge in [0.25, 0.3) is 15.9 Å². The zero-order valence-corrected chi connectivity index (χ0v) is 18.0. The molecule has 1 N–H and O–H groups in total. The first-order valence-electron chi connectivity index (χ1n) is 9.75. The summed E-state index contributed by atoms with van der Waals surface area (Å²) < 4.78 is 33.8. The average molecular weight is 443 g/mol. The molecule has 1 saturated heterocycles. The number of allylic oxidation sites excluding steroid dienone is 1. The highest BCUT2D eigenvalue weighted by Crippen LogP contribution is 2.28. The van der Waals surface area contributed by atoms with Crippen LogP contribution in [0.1, 0.15) is 35.2 Å². The fraction of sp³-hybridized carbons (Fsp3) is 0.286. The van der Waals surface area contributed by atoms with E-state index in [0.29, 0.717) is 30.5 Å². The van der Waals surface area contributed by atoms with Gasteiger partial charge in [-0.2, -0.15) is 12.8 Å². The normalized spacial score (nSPS) is 14.6. The molecule has 7 nitrogen and oxygen atoms in total. The number of aromatic nitrogens is 2. The topological polar surface area (TPSA) is 92.3 Å². The van der Waals surface area contributed by atoms with Crippen molar-refractivity contribution in [1.29, 1.82) is 0 Å². The van der Waals surface area contributed by atoms with Gasteiger partial charge < -0.3 is 4.90 Å². The van der Waals surface area contributed by atoms with Crippen LogP contribution in [0.15, 0.2) is 54.3 Å². The minimum atomic E-state index is -4.02. The van der Waals surface area contributed by atoms with Crippen molar-refractivity contribution in [3.8, 4) is 0 Å². The Labute approximate surface area is 179 Å². The summed E-state index contributed by atoms with van der Waals surface area (Å²) in [6, 6.07) is 6.94. The number of likely N-dealkylation sites (tertiary alicyclic amines) is 1. The smallest absolute Gasteiger partial charge is 0.280 e. The Kier molecular flexibility index (Phi) is 5.83. The minimum Gasteiger partial charge on any atom is -0.339 e. The maximum absolute atomic E-state index is 13.2. The summed E-state index contributed by atoms with van der Waals surface area (Å²) in [5.41, 5.74) is 1.46. The van der Waals surface area contributed by atoms with Crippen molar-refractivity contribution < 1.29 is 13.2 Å². The summed E-state index contributed by atoms with van der Waals surface area (Å²) in [4.78, 5) is 19.0. The van der Waals surface area contributed by atoms with E-state index in [-0.39, 0.29) is 16.6 Å². The molecule has 1 aliphatic rings. The monoisotopic (exact) mass is 442 g/mol. The van der Waals surface area contributed by atoms with Gasteiger partial charge in [0.05, 0.1) is 27.5 Å². The number of hydrogen-bond donors (Lipinski definition) is 1. The van der Waals surface area contributed by atoms with Gasteiger partial charge in [0.2, 0.25) is 0 Å². The van der Waals surface area contributed by atoms with Crippen LogP contribution in [0.2, 0.25) is 0 Å². The number of piperidine rings is 1. The molecule has 156 valence electrons. The first-order chi connectivity index (χ1) is 14.5. The van der Waals surface area contributed by atoms with Crippen molar-refractivity contribution in [3.63, 3.8) is 0 Å². The molecule has 0 aliphatic carbocycles. The summed E-state index contributed by atoms with van der Waals surface area (Å²) in [5, 5.41) is 0.361. The Morgan fingerprint density at radius 3 is 2.80 bits per heavy atom. The van der Waals surface area contributed by atoms with Crippen LogP contribution in [0.4, 0.5) is 5.69 Å². The molecule has 3 aromatic rings. The lowest BCUT2D eigenvalue weighted by atomic mass is 10.0. The highest BCUT2D eigenvalue weighted by molar-refractivity contribution is 7.92. The number of amides is 1. The summed E-state index contributed by atoms with van der Waals surface area (Å²) in [7, 11) is -4.02. The first-order valence-corrected chi connectivity index (χ1v) is 12.0. The molecule has 0 spiro atoms. The SMILES string of the molecule is C=CCc1ccc(C(=O)N2CCCCC2)c(NS(=O)(=O)c2nccc3sncc23)c1. The van der Waals surface area contributed by atoms with E-state index in [1.54, 1.807) is 29.2 Å². The number of carbonyl (C=O) groups excluding carboxylic acids is 1. The third kappa shape index (κ3) is 4.08. The largest absolute Gasteiger partial charge is 0.339 e. The molecule has 1 fully saturated rings. The molecular formula is C21H22N4O3S2. The van der Waals surface area contributed by atoms with Crippen LogP contribution in [0.5, 0.6) is 0 Å². The molecule has 0 bridgehead atoms. The van der Waals surface area contributed by atoms with Crippen molar-refractivity contribution in [2.45, 2.75) is 30.7 Å². The zero-order chi connectivity index (χ0) is 21.1. The maximum Gasteiger partial charge on any atom is 0.280 e. The second-order valence-electron chi connectivity index (χ2n) is 7.18. The van der Waals surface area contributed by atoms with Crippen molar-refractivity contribution in [3.05, 3.63) is 60.4 Å². The van der Waals surface area contributed by atoms with Crippen LogP contribution in [0, 0.1) is 0 Å². The van der Waals surface area contributed by atoms with Gasteiger partial charge in [-0.15, -0.1) is 6.58 Å². The van der Waals surface area contributed by atoms with Crippen LogP contribution >= 0.6 is 11.5 Å². The molecule has 3 heterocycles. The van der Waals surface area contributed by atoms with Crippen LogP contribution < -0.4 is 4.72 Å². The fourth-order valence-corrected chi connectivity index (χ4v) is 5.51. The van der Waals surface area contributed by atoms with E-state index >= 15 is 0 Å². The molecule has 1 aromatic carbocycles. The molecule has 9 heteroatoms. The van der Waals surface area contributed by atoms with Gasteiger partial charge in [-0.3, -0.25) is 9.52 Å². The van der Waals surface area contributed by atoms with Gasteiger partial charge in [-0.1, -0.05) is 12.1 Å². The van der Waals surface area contributed by atoms with Crippen molar-refractivity contribution in [1.82, 2.24) is 14.3 Å². The predicted molar refractivity (Wildman–Crippen MR) is 118 cm³/mol. The molecule has 1 aliphatic heterocycles. The molecule has 0 saturated carbocycles. The molecule has 1 amide bonds. The van der Waals surface area contributed by atoms with Gasteiger partial charge in [0.15, 0.2) is 5.03 Å². The number of rotatable bonds is 6. The fourth-order valence-electron chi connectivity index (χ4n) is 3.60. The van der Waals surface area contributed by atoms with Gasteiger partial charge >= 0.3 is 0 Å². The number of sulfonamides is 1. The quantitative estimate of drug-likeness (QED) is 0.586. The lowest BCUT2D eigenvalue weighted by molar-refractivity contribution is 0.0725. The first kappa shape index (κ1) is 20.5. The van der Waals surface area contributed by atoms with Gasteiger partial charge in [0.1, 0.15) is 0 Å². The van der Waals surface area contributed by atoms with Gasteiger partial charge in [-0.25, -0.2) is 4.98 Å². The molecule has 0 atom stereocenters. The number of pyridine rings is 1. The second-order valence-corrected chi connectivity index (χ2v) is 9.62. The summed E-state index contributed by atoms with van der Waals surface area (Å²) in [6.45, 7) is 5.10. The van der Waals surface area contributed by atoms with Crippen molar-refractivity contribution >= 4 is 43.2 Å². The molecule has 0 unspecified atom stereocenters. The summed E-state index contributed by atoms with van der Waals surface area (Å²) in [6.07, 6.45) is 8.26.